The van der Waals surface area contributed by atoms with Gasteiger partial charge in [-0.1, -0.05) is 19.9 Å². The number of likely N-dealkylation sites (tertiary alicyclic amines) is 1. The minimum Gasteiger partial charge on any atom is -0.497 e. The second-order valence-corrected chi connectivity index (χ2v) is 10.6. The minimum absolute atomic E-state index is 0.0154. The fourth-order valence-corrected chi connectivity index (χ4v) is 5.94. The van der Waals surface area contributed by atoms with Crippen molar-refractivity contribution in [2.75, 3.05) is 26.8 Å². The summed E-state index contributed by atoms with van der Waals surface area (Å²) in [5.41, 5.74) is 2.60. The maximum absolute atomic E-state index is 12.6. The molecule has 5 nitrogen and oxygen atoms in total. The maximum atomic E-state index is 12.6. The lowest BCUT2D eigenvalue weighted by molar-refractivity contribution is -0.123. The number of hydrogen-bond acceptors (Lipinski definition) is 4. The van der Waals surface area contributed by atoms with Crippen LogP contribution in [0.25, 0.3) is 0 Å². The maximum Gasteiger partial charge on any atom is 0.223 e. The van der Waals surface area contributed by atoms with Crippen LogP contribution in [0.2, 0.25) is 0 Å². The number of aryl methyl sites for hydroxylation is 1. The number of hydrogen-bond donors (Lipinski definition) is 2. The molecule has 2 N–H and O–H groups in total. The molecular weight excluding hydrogens is 400 g/mol. The van der Waals surface area contributed by atoms with Crippen LogP contribution in [-0.2, 0) is 16.6 Å². The average Bonchev–Trinajstić information content (AvgIpc) is 3.71. The highest BCUT2D eigenvalue weighted by Crippen LogP contribution is 2.49. The number of carbonyl (C=O) groups is 1. The van der Waals surface area contributed by atoms with Crippen molar-refractivity contribution in [2.45, 2.75) is 83.2 Å². The van der Waals surface area contributed by atoms with E-state index < -0.39 is 0 Å². The van der Waals surface area contributed by atoms with Gasteiger partial charge in [-0.3, -0.25) is 4.79 Å². The summed E-state index contributed by atoms with van der Waals surface area (Å²) in [6.45, 7) is 9.24. The van der Waals surface area contributed by atoms with Crippen molar-refractivity contribution in [2.24, 2.45) is 17.8 Å². The Morgan fingerprint density at radius 3 is 2.62 bits per heavy atom. The van der Waals surface area contributed by atoms with Gasteiger partial charge in [-0.25, -0.2) is 0 Å². The third-order valence-electron chi connectivity index (χ3n) is 8.57. The van der Waals surface area contributed by atoms with Crippen LogP contribution >= 0.6 is 0 Å². The normalized spacial score (nSPS) is 29.5. The number of aliphatic hydroxyl groups is 1. The number of nitrogens with zero attached hydrogens (tertiary/aromatic N) is 1. The molecule has 0 spiro atoms. The Hall–Kier alpha value is -1.59. The molecular formula is C27H42N2O3. The van der Waals surface area contributed by atoms with Gasteiger partial charge in [0.2, 0.25) is 5.91 Å². The van der Waals surface area contributed by atoms with Gasteiger partial charge < -0.3 is 20.1 Å². The Labute approximate surface area is 193 Å². The fraction of sp³-hybridized carbons (Fsp3) is 0.741. The van der Waals surface area contributed by atoms with E-state index in [2.05, 4.69) is 49.2 Å². The Morgan fingerprint density at radius 1 is 1.28 bits per heavy atom. The van der Waals surface area contributed by atoms with Crippen molar-refractivity contribution in [3.8, 4) is 5.75 Å². The number of carbonyl (C=O) groups excluding carboxylic acids is 1. The van der Waals surface area contributed by atoms with E-state index in [0.717, 1.165) is 50.3 Å². The van der Waals surface area contributed by atoms with Gasteiger partial charge in [0.1, 0.15) is 5.75 Å². The molecule has 1 heterocycles. The number of amides is 1. The van der Waals surface area contributed by atoms with Crippen molar-refractivity contribution in [1.29, 1.82) is 0 Å². The molecule has 5 heteroatoms. The molecule has 2 saturated carbocycles. The molecule has 0 bridgehead atoms. The van der Waals surface area contributed by atoms with Crippen molar-refractivity contribution < 1.29 is 14.6 Å². The first-order valence-electron chi connectivity index (χ1n) is 12.7. The molecule has 0 aromatic heterocycles. The summed E-state index contributed by atoms with van der Waals surface area (Å²) in [4.78, 5) is 15.2. The predicted octanol–water partition coefficient (Wildman–Crippen LogP) is 3.91. The number of methoxy groups -OCH3 is 1. The quantitative estimate of drug-likeness (QED) is 0.577. The second kappa shape index (κ2) is 9.72. The second-order valence-electron chi connectivity index (χ2n) is 10.6. The van der Waals surface area contributed by atoms with Gasteiger partial charge in [0, 0.05) is 23.9 Å². The van der Waals surface area contributed by atoms with Crippen molar-refractivity contribution in [3.05, 3.63) is 29.3 Å². The smallest absolute Gasteiger partial charge is 0.223 e. The van der Waals surface area contributed by atoms with E-state index in [1.165, 1.54) is 30.5 Å². The molecule has 4 unspecified atom stereocenters. The van der Waals surface area contributed by atoms with Gasteiger partial charge in [0.05, 0.1) is 19.8 Å². The SMILES string of the molecule is CCc1ccc(OC)cc1C1(CC(CO)NC(=O)C2CC2)CCN(CC2CC2)C(C)C1C. The Morgan fingerprint density at radius 2 is 2.03 bits per heavy atom. The standard InChI is InChI=1S/C27H42N2O3/c1-5-21-10-11-24(32-4)14-25(21)27(15-23(17-30)28-26(31)22-8-9-22)12-13-29(16-20-6-7-20)19(3)18(27)2/h10-11,14,18-20,22-23,30H,5-9,12-13,15-17H2,1-4H3,(H,28,31). The van der Waals surface area contributed by atoms with Gasteiger partial charge in [0.25, 0.3) is 0 Å². The molecule has 1 aliphatic heterocycles. The van der Waals surface area contributed by atoms with E-state index in [9.17, 15) is 9.90 Å². The summed E-state index contributed by atoms with van der Waals surface area (Å²) < 4.78 is 5.64. The molecule has 1 saturated heterocycles. The summed E-state index contributed by atoms with van der Waals surface area (Å²) in [6.07, 6.45) is 7.48. The summed E-state index contributed by atoms with van der Waals surface area (Å²) in [6, 6.07) is 6.74. The monoisotopic (exact) mass is 442 g/mol. The van der Waals surface area contributed by atoms with Gasteiger partial charge >= 0.3 is 0 Å². The first-order chi connectivity index (χ1) is 15.4. The van der Waals surface area contributed by atoms with Crippen LogP contribution in [0.3, 0.4) is 0 Å². The number of rotatable bonds is 10. The van der Waals surface area contributed by atoms with Crippen LogP contribution in [-0.4, -0.2) is 54.8 Å². The molecule has 0 radical (unpaired) electrons. The molecule has 3 aliphatic rings. The lowest BCUT2D eigenvalue weighted by Crippen LogP contribution is -2.57. The van der Waals surface area contributed by atoms with Crippen LogP contribution in [0.5, 0.6) is 5.75 Å². The van der Waals surface area contributed by atoms with E-state index >= 15 is 0 Å². The van der Waals surface area contributed by atoms with Crippen LogP contribution < -0.4 is 10.1 Å². The van der Waals surface area contributed by atoms with Crippen molar-refractivity contribution in [1.82, 2.24) is 10.2 Å². The first kappa shape index (κ1) is 23.6. The zero-order valence-corrected chi connectivity index (χ0v) is 20.4. The largest absolute Gasteiger partial charge is 0.497 e. The molecule has 178 valence electrons. The average molecular weight is 443 g/mol. The lowest BCUT2D eigenvalue weighted by atomic mass is 9.60. The Bertz CT molecular complexity index is 804. The zero-order chi connectivity index (χ0) is 22.9. The summed E-state index contributed by atoms with van der Waals surface area (Å²) >= 11 is 0. The minimum atomic E-state index is -0.219. The predicted molar refractivity (Wildman–Crippen MR) is 128 cm³/mol. The topological polar surface area (TPSA) is 61.8 Å². The number of aliphatic hydroxyl groups excluding tert-OH is 1. The zero-order valence-electron chi connectivity index (χ0n) is 20.4. The Balaban J connectivity index is 1.68. The number of piperidine rings is 1. The summed E-state index contributed by atoms with van der Waals surface area (Å²) in [7, 11) is 1.73. The number of nitrogens with one attached hydrogen (secondary N) is 1. The van der Waals surface area contributed by atoms with Crippen LogP contribution in [0.4, 0.5) is 0 Å². The van der Waals surface area contributed by atoms with E-state index in [0.29, 0.717) is 12.0 Å². The highest BCUT2D eigenvalue weighted by atomic mass is 16.5. The van der Waals surface area contributed by atoms with Gasteiger partial charge in [0.15, 0.2) is 0 Å². The van der Waals surface area contributed by atoms with Crippen LogP contribution in [0.15, 0.2) is 18.2 Å². The van der Waals surface area contributed by atoms with Crippen molar-refractivity contribution >= 4 is 5.91 Å². The third-order valence-corrected chi connectivity index (χ3v) is 8.57. The molecule has 1 amide bonds. The molecule has 1 aromatic rings. The highest BCUT2D eigenvalue weighted by molar-refractivity contribution is 5.81. The number of benzene rings is 1. The first-order valence-corrected chi connectivity index (χ1v) is 12.7. The molecule has 2 aliphatic carbocycles. The van der Waals surface area contributed by atoms with Gasteiger partial charge in [-0.15, -0.1) is 0 Å². The van der Waals surface area contributed by atoms with Crippen LogP contribution in [0.1, 0.15) is 70.4 Å². The van der Waals surface area contributed by atoms with E-state index in [1.54, 1.807) is 7.11 Å². The molecule has 3 fully saturated rings. The van der Waals surface area contributed by atoms with Crippen molar-refractivity contribution in [3.63, 3.8) is 0 Å². The van der Waals surface area contributed by atoms with Crippen LogP contribution in [0, 0.1) is 17.8 Å². The number of ether oxygens (including phenoxy) is 1. The molecule has 4 atom stereocenters. The van der Waals surface area contributed by atoms with E-state index in [4.69, 9.17) is 4.74 Å². The van der Waals surface area contributed by atoms with E-state index in [1.807, 2.05) is 0 Å². The summed E-state index contributed by atoms with van der Waals surface area (Å²) in [5, 5.41) is 13.5. The van der Waals surface area contributed by atoms with Gasteiger partial charge in [-0.05, 0) is 93.5 Å². The molecule has 32 heavy (non-hydrogen) atoms. The molecule has 4 rings (SSSR count). The molecule has 1 aromatic carbocycles. The third kappa shape index (κ3) is 4.84. The highest BCUT2D eigenvalue weighted by Gasteiger charge is 2.48. The summed E-state index contributed by atoms with van der Waals surface area (Å²) in [5.74, 6) is 2.44. The van der Waals surface area contributed by atoms with Gasteiger partial charge in [-0.2, -0.15) is 0 Å². The Kier molecular flexibility index (Phi) is 7.16. The lowest BCUT2D eigenvalue weighted by Gasteiger charge is -2.53. The van der Waals surface area contributed by atoms with E-state index in [-0.39, 0.29) is 29.9 Å². The fourth-order valence-electron chi connectivity index (χ4n) is 5.94.